The van der Waals surface area contributed by atoms with Crippen molar-refractivity contribution in [3.8, 4) is 11.5 Å². The summed E-state index contributed by atoms with van der Waals surface area (Å²) in [5, 5.41) is 2.99. The smallest absolute Gasteiger partial charge is 0.335 e. The fourth-order valence-corrected chi connectivity index (χ4v) is 4.47. The number of urea groups is 1. The molecule has 4 amide bonds. The lowest BCUT2D eigenvalue weighted by Crippen LogP contribution is -2.54. The Labute approximate surface area is 244 Å². The Kier molecular flexibility index (Phi) is 8.33. The van der Waals surface area contributed by atoms with Crippen molar-refractivity contribution < 1.29 is 28.2 Å². The highest BCUT2D eigenvalue weighted by Crippen LogP contribution is 2.29. The summed E-state index contributed by atoms with van der Waals surface area (Å²) < 4.78 is 24.8. The Morgan fingerprint density at radius 2 is 1.59 bits per heavy atom. The van der Waals surface area contributed by atoms with Gasteiger partial charge in [0.2, 0.25) is 0 Å². The number of carbonyl (C=O) groups excluding carboxylic acids is 3. The van der Waals surface area contributed by atoms with Gasteiger partial charge >= 0.3 is 6.03 Å². The summed E-state index contributed by atoms with van der Waals surface area (Å²) in [5.41, 5.74) is 1.86. The van der Waals surface area contributed by atoms with Gasteiger partial charge in [0.25, 0.3) is 11.8 Å². The molecule has 0 saturated carbocycles. The van der Waals surface area contributed by atoms with Crippen molar-refractivity contribution in [1.82, 2.24) is 5.32 Å². The Morgan fingerprint density at radius 1 is 0.805 bits per heavy atom. The zero-order chi connectivity index (χ0) is 28.9. The standard InChI is InChI=1S/C31H21Cl2FN2O5/c32-26-7-2-1-5-21(26)18-40-24-11-9-23(10-12-24)36-30(38)25(29(37)35-31(36)39)15-19-8-13-28(27(33)16-19)41-17-20-4-3-6-22(34)14-20/h1-16H,17-18H2,(H,35,37,39)/b25-15+. The molecule has 5 rings (SSSR count). The number of ether oxygens (including phenoxy) is 2. The van der Waals surface area contributed by atoms with Gasteiger partial charge in [-0.15, -0.1) is 0 Å². The molecule has 1 aliphatic rings. The van der Waals surface area contributed by atoms with Gasteiger partial charge in [-0.05, 0) is 71.8 Å². The van der Waals surface area contributed by atoms with Crippen LogP contribution in [0.1, 0.15) is 16.7 Å². The first-order chi connectivity index (χ1) is 19.8. The van der Waals surface area contributed by atoms with E-state index in [1.54, 1.807) is 42.5 Å². The first-order valence-electron chi connectivity index (χ1n) is 12.3. The molecule has 10 heteroatoms. The SMILES string of the molecule is O=C1NC(=O)N(c2ccc(OCc3ccccc3Cl)cc2)C(=O)/C1=C/c1ccc(OCc2cccc(F)c2)c(Cl)c1. The molecule has 0 aromatic heterocycles. The van der Waals surface area contributed by atoms with Gasteiger partial charge in [0, 0.05) is 10.6 Å². The number of nitrogens with zero attached hydrogens (tertiary/aromatic N) is 1. The van der Waals surface area contributed by atoms with Crippen molar-refractivity contribution in [2.75, 3.05) is 4.90 Å². The average molecular weight is 591 g/mol. The van der Waals surface area contributed by atoms with Crippen molar-refractivity contribution >= 4 is 52.8 Å². The number of hydrogen-bond donors (Lipinski definition) is 1. The van der Waals surface area contributed by atoms with E-state index in [1.807, 2.05) is 18.2 Å². The van der Waals surface area contributed by atoms with Gasteiger partial charge in [-0.1, -0.05) is 59.6 Å². The zero-order valence-corrected chi connectivity index (χ0v) is 22.8. The highest BCUT2D eigenvalue weighted by Gasteiger charge is 2.36. The lowest BCUT2D eigenvalue weighted by Gasteiger charge is -2.26. The number of benzene rings is 4. The molecule has 0 atom stereocenters. The average Bonchev–Trinajstić information content (AvgIpc) is 2.95. The molecule has 206 valence electrons. The van der Waals surface area contributed by atoms with Crippen molar-refractivity contribution in [2.45, 2.75) is 13.2 Å². The Balaban J connectivity index is 1.29. The maximum atomic E-state index is 13.4. The monoisotopic (exact) mass is 590 g/mol. The molecule has 0 aliphatic carbocycles. The van der Waals surface area contributed by atoms with Crippen LogP contribution in [0.5, 0.6) is 11.5 Å². The number of imide groups is 2. The van der Waals surface area contributed by atoms with Crippen LogP contribution in [0.25, 0.3) is 6.08 Å². The molecular weight excluding hydrogens is 570 g/mol. The molecule has 1 saturated heterocycles. The number of nitrogens with one attached hydrogen (secondary N) is 1. The highest BCUT2D eigenvalue weighted by molar-refractivity contribution is 6.39. The summed E-state index contributed by atoms with van der Waals surface area (Å²) in [5.74, 6) is -1.17. The number of carbonyl (C=O) groups is 3. The van der Waals surface area contributed by atoms with Gasteiger partial charge in [0.15, 0.2) is 0 Å². The molecule has 41 heavy (non-hydrogen) atoms. The van der Waals surface area contributed by atoms with Crippen LogP contribution in [-0.2, 0) is 22.8 Å². The molecule has 1 fully saturated rings. The molecule has 1 heterocycles. The second kappa shape index (κ2) is 12.2. The van der Waals surface area contributed by atoms with Gasteiger partial charge in [-0.2, -0.15) is 0 Å². The summed E-state index contributed by atoms with van der Waals surface area (Å²) in [7, 11) is 0. The number of rotatable bonds is 8. The van der Waals surface area contributed by atoms with Crippen LogP contribution >= 0.6 is 23.2 Å². The van der Waals surface area contributed by atoms with Crippen LogP contribution in [0, 0.1) is 5.82 Å². The molecule has 0 bridgehead atoms. The summed E-state index contributed by atoms with van der Waals surface area (Å²) in [6, 6.07) is 23.4. The van der Waals surface area contributed by atoms with E-state index in [-0.39, 0.29) is 35.3 Å². The maximum absolute atomic E-state index is 13.4. The third-order valence-electron chi connectivity index (χ3n) is 6.10. The Morgan fingerprint density at radius 3 is 2.32 bits per heavy atom. The number of anilines is 1. The van der Waals surface area contributed by atoms with E-state index >= 15 is 0 Å². The van der Waals surface area contributed by atoms with Crippen LogP contribution in [0.2, 0.25) is 10.0 Å². The summed E-state index contributed by atoms with van der Waals surface area (Å²) in [4.78, 5) is 39.3. The molecule has 1 aliphatic heterocycles. The van der Waals surface area contributed by atoms with E-state index in [0.717, 1.165) is 10.5 Å². The van der Waals surface area contributed by atoms with Gasteiger partial charge in [0.05, 0.1) is 10.7 Å². The number of halogens is 3. The molecule has 4 aromatic rings. The second-order valence-corrected chi connectivity index (χ2v) is 9.75. The van der Waals surface area contributed by atoms with Crippen LogP contribution in [0.3, 0.4) is 0 Å². The lowest BCUT2D eigenvalue weighted by molar-refractivity contribution is -0.122. The molecule has 4 aromatic carbocycles. The Hall–Kier alpha value is -4.66. The molecule has 0 radical (unpaired) electrons. The quantitative estimate of drug-likeness (QED) is 0.177. The third kappa shape index (κ3) is 6.57. The third-order valence-corrected chi connectivity index (χ3v) is 6.76. The van der Waals surface area contributed by atoms with E-state index in [9.17, 15) is 18.8 Å². The predicted molar refractivity (Wildman–Crippen MR) is 153 cm³/mol. The van der Waals surface area contributed by atoms with Crippen molar-refractivity contribution in [3.05, 3.63) is 129 Å². The van der Waals surface area contributed by atoms with Crippen molar-refractivity contribution in [1.29, 1.82) is 0 Å². The fraction of sp³-hybridized carbons (Fsp3) is 0.0645. The Bertz CT molecular complexity index is 1670. The topological polar surface area (TPSA) is 84.9 Å². The minimum Gasteiger partial charge on any atom is -0.489 e. The first-order valence-corrected chi connectivity index (χ1v) is 13.1. The molecule has 0 unspecified atom stereocenters. The van der Waals surface area contributed by atoms with Gasteiger partial charge in [0.1, 0.15) is 36.1 Å². The van der Waals surface area contributed by atoms with Crippen molar-refractivity contribution in [3.63, 3.8) is 0 Å². The maximum Gasteiger partial charge on any atom is 0.335 e. The van der Waals surface area contributed by atoms with E-state index in [1.165, 1.54) is 36.4 Å². The summed E-state index contributed by atoms with van der Waals surface area (Å²) in [6.07, 6.45) is 1.33. The molecular formula is C31H21Cl2FN2O5. The van der Waals surface area contributed by atoms with Gasteiger partial charge in [-0.25, -0.2) is 14.1 Å². The number of amides is 4. The van der Waals surface area contributed by atoms with Crippen LogP contribution < -0.4 is 19.7 Å². The van der Waals surface area contributed by atoms with Crippen LogP contribution in [0.15, 0.2) is 96.6 Å². The summed E-state index contributed by atoms with van der Waals surface area (Å²) in [6.45, 7) is 0.334. The van der Waals surface area contributed by atoms with Crippen LogP contribution in [-0.4, -0.2) is 17.8 Å². The van der Waals surface area contributed by atoms with E-state index in [2.05, 4.69) is 5.32 Å². The minimum absolute atomic E-state index is 0.0969. The normalized spacial score (nSPS) is 14.3. The molecule has 7 nitrogen and oxygen atoms in total. The van der Waals surface area contributed by atoms with E-state index in [4.69, 9.17) is 32.7 Å². The number of barbiturate groups is 1. The highest BCUT2D eigenvalue weighted by atomic mass is 35.5. The second-order valence-electron chi connectivity index (χ2n) is 8.94. The van der Waals surface area contributed by atoms with Crippen LogP contribution in [0.4, 0.5) is 14.9 Å². The molecule has 0 spiro atoms. The first kappa shape index (κ1) is 27.9. The van der Waals surface area contributed by atoms with Gasteiger partial charge in [-0.3, -0.25) is 14.9 Å². The van der Waals surface area contributed by atoms with Gasteiger partial charge < -0.3 is 9.47 Å². The van der Waals surface area contributed by atoms with Crippen molar-refractivity contribution in [2.24, 2.45) is 0 Å². The fourth-order valence-electron chi connectivity index (χ4n) is 4.04. The predicted octanol–water partition coefficient (Wildman–Crippen LogP) is 6.96. The largest absolute Gasteiger partial charge is 0.489 e. The summed E-state index contributed by atoms with van der Waals surface area (Å²) >= 11 is 12.5. The lowest BCUT2D eigenvalue weighted by atomic mass is 10.1. The van der Waals surface area contributed by atoms with E-state index < -0.39 is 17.8 Å². The molecule has 1 N–H and O–H groups in total. The minimum atomic E-state index is -0.874. The zero-order valence-electron chi connectivity index (χ0n) is 21.3. The van der Waals surface area contributed by atoms with E-state index in [0.29, 0.717) is 27.6 Å². The number of hydrogen-bond acceptors (Lipinski definition) is 5.